The second-order valence-electron chi connectivity index (χ2n) is 7.35. The molecular weight excluding hydrogens is 614 g/mol. The number of rotatable bonds is 5. The van der Waals surface area contributed by atoms with Gasteiger partial charge in [-0.15, -0.1) is 0 Å². The van der Waals surface area contributed by atoms with Gasteiger partial charge in [-0.1, -0.05) is 29.8 Å². The lowest BCUT2D eigenvalue weighted by Crippen LogP contribution is -2.25. The van der Waals surface area contributed by atoms with Crippen LogP contribution in [-0.4, -0.2) is 27.5 Å². The zero-order valence-electron chi connectivity index (χ0n) is 15.6. The van der Waals surface area contributed by atoms with E-state index < -0.39 is 0 Å². The number of hydrogen-bond acceptors (Lipinski definition) is 2. The summed E-state index contributed by atoms with van der Waals surface area (Å²) in [5.74, 6) is 0. The molecule has 3 nitrogen and oxygen atoms in total. The van der Waals surface area contributed by atoms with Crippen LogP contribution < -0.4 is 0 Å². The smallest absolute Gasteiger partial charge is 0.105 e. The zero-order chi connectivity index (χ0) is 19.8. The minimum Gasteiger partial charge on any atom is -0.330 e. The molecule has 0 amide bonds. The van der Waals surface area contributed by atoms with Crippen molar-refractivity contribution in [3.63, 3.8) is 0 Å². The zero-order valence-corrected chi connectivity index (χ0v) is 21.9. The Labute approximate surface area is 199 Å². The summed E-state index contributed by atoms with van der Waals surface area (Å²) in [4.78, 5) is 7.26. The minimum atomic E-state index is 0.561. The summed E-state index contributed by atoms with van der Waals surface area (Å²) in [7, 11) is 0. The van der Waals surface area contributed by atoms with Gasteiger partial charge in [0.25, 0.3) is 0 Å². The van der Waals surface area contributed by atoms with Gasteiger partial charge in [0.15, 0.2) is 0 Å². The minimum absolute atomic E-state index is 0.561. The molecular formula is C21H21Br4N3. The normalized spacial score (nSPS) is 17.7. The topological polar surface area (TPSA) is 21.1 Å². The van der Waals surface area contributed by atoms with Crippen molar-refractivity contribution in [1.29, 1.82) is 0 Å². The van der Waals surface area contributed by atoms with Crippen molar-refractivity contribution >= 4 is 74.8 Å². The molecule has 1 fully saturated rings. The average molecular weight is 635 g/mol. The fraction of sp³-hybridized carbons (Fsp3) is 0.381. The van der Waals surface area contributed by atoms with Crippen LogP contribution in [0.2, 0.25) is 0 Å². The summed E-state index contributed by atoms with van der Waals surface area (Å²) in [5.41, 5.74) is 4.88. The number of imidazole rings is 1. The van der Waals surface area contributed by atoms with Gasteiger partial charge in [0.05, 0.1) is 20.8 Å². The molecule has 0 spiro atoms. The molecule has 0 aliphatic carbocycles. The average Bonchev–Trinajstić information content (AvgIpc) is 3.33. The molecule has 0 N–H and O–H groups in total. The summed E-state index contributed by atoms with van der Waals surface area (Å²) in [5, 5.41) is 0. The first-order valence-electron chi connectivity index (χ1n) is 9.44. The predicted octanol–water partition coefficient (Wildman–Crippen LogP) is 7.62. The van der Waals surface area contributed by atoms with Gasteiger partial charge in [-0.25, -0.2) is 4.98 Å². The van der Waals surface area contributed by atoms with Crippen molar-refractivity contribution in [3.05, 3.63) is 59.6 Å². The van der Waals surface area contributed by atoms with E-state index in [1.165, 1.54) is 30.5 Å². The van der Waals surface area contributed by atoms with Gasteiger partial charge in [0, 0.05) is 28.1 Å². The van der Waals surface area contributed by atoms with Crippen LogP contribution in [0.3, 0.4) is 0 Å². The number of aryl methyl sites for hydroxylation is 2. The molecule has 2 heterocycles. The highest BCUT2D eigenvalue weighted by molar-refractivity contribution is 9.15. The third-order valence-electron chi connectivity index (χ3n) is 5.50. The van der Waals surface area contributed by atoms with E-state index in [9.17, 15) is 0 Å². The van der Waals surface area contributed by atoms with Crippen LogP contribution in [0.15, 0.2) is 48.5 Å². The lowest BCUT2D eigenvalue weighted by Gasteiger charge is -2.25. The van der Waals surface area contributed by atoms with Crippen molar-refractivity contribution in [3.8, 4) is 0 Å². The molecule has 2 aromatic carbocycles. The van der Waals surface area contributed by atoms with Crippen molar-refractivity contribution in [2.24, 2.45) is 0 Å². The first-order chi connectivity index (χ1) is 13.5. The molecule has 0 bridgehead atoms. The Hall–Kier alpha value is -0.210. The summed E-state index contributed by atoms with van der Waals surface area (Å²) >= 11 is 14.7. The third-order valence-corrected chi connectivity index (χ3v) is 10.2. The van der Waals surface area contributed by atoms with E-state index in [1.54, 1.807) is 0 Å². The Morgan fingerprint density at radius 1 is 0.964 bits per heavy atom. The lowest BCUT2D eigenvalue weighted by atomic mass is 10.0. The highest BCUT2D eigenvalue weighted by atomic mass is 79.9. The molecule has 4 rings (SSSR count). The standard InChI is InChI=1S/C21H21Br4N3/c1-13-5-7-14(8-6-13)15-4-2-9-27(15)10-3-11-28-12-26-20-18(24)16(22)17(23)19(25)21(20)28/h5-8,12,15H,2-4,9-11H2,1H3. The second-order valence-corrected chi connectivity index (χ2v) is 10.5. The van der Waals surface area contributed by atoms with Crippen molar-refractivity contribution < 1.29 is 0 Å². The fourth-order valence-electron chi connectivity index (χ4n) is 4.05. The fourth-order valence-corrected chi connectivity index (χ4v) is 6.45. The first kappa shape index (κ1) is 21.0. The maximum atomic E-state index is 4.62. The number of benzene rings is 2. The Morgan fingerprint density at radius 3 is 2.43 bits per heavy atom. The first-order valence-corrected chi connectivity index (χ1v) is 12.6. The van der Waals surface area contributed by atoms with Crippen LogP contribution in [0.5, 0.6) is 0 Å². The number of halogens is 4. The third kappa shape index (κ3) is 4.02. The molecule has 7 heteroatoms. The van der Waals surface area contributed by atoms with Gasteiger partial charge in [-0.3, -0.25) is 4.90 Å². The second kappa shape index (κ2) is 8.88. The van der Waals surface area contributed by atoms with E-state index in [0.717, 1.165) is 48.4 Å². The SMILES string of the molecule is Cc1ccc(C2CCCN2CCCn2cnc3c(Br)c(Br)c(Br)c(Br)c32)cc1. The number of fused-ring (bicyclic) bond motifs is 1. The van der Waals surface area contributed by atoms with Crippen molar-refractivity contribution in [2.75, 3.05) is 13.1 Å². The number of aromatic nitrogens is 2. The van der Waals surface area contributed by atoms with Crippen LogP contribution >= 0.6 is 63.7 Å². The Balaban J connectivity index is 1.47. The van der Waals surface area contributed by atoms with Gasteiger partial charge in [0.2, 0.25) is 0 Å². The van der Waals surface area contributed by atoms with Gasteiger partial charge in [0.1, 0.15) is 5.52 Å². The van der Waals surface area contributed by atoms with Gasteiger partial charge in [-0.2, -0.15) is 0 Å². The Morgan fingerprint density at radius 2 is 1.68 bits per heavy atom. The molecule has 1 aliphatic rings. The van der Waals surface area contributed by atoms with E-state index in [2.05, 4.69) is 109 Å². The quantitative estimate of drug-likeness (QED) is 0.213. The van der Waals surface area contributed by atoms with Crippen molar-refractivity contribution in [2.45, 2.75) is 38.8 Å². The summed E-state index contributed by atoms with van der Waals surface area (Å²) in [6, 6.07) is 9.62. The molecule has 1 aromatic heterocycles. The van der Waals surface area contributed by atoms with Gasteiger partial charge < -0.3 is 4.57 Å². The lowest BCUT2D eigenvalue weighted by molar-refractivity contribution is 0.249. The molecule has 148 valence electrons. The highest BCUT2D eigenvalue weighted by Gasteiger charge is 2.25. The maximum absolute atomic E-state index is 4.62. The van der Waals surface area contributed by atoms with Crippen LogP contribution in [0.25, 0.3) is 11.0 Å². The summed E-state index contributed by atoms with van der Waals surface area (Å²) < 4.78 is 6.25. The maximum Gasteiger partial charge on any atom is 0.105 e. The Kier molecular flexibility index (Phi) is 6.67. The highest BCUT2D eigenvalue weighted by Crippen LogP contribution is 2.43. The van der Waals surface area contributed by atoms with E-state index in [0.29, 0.717) is 6.04 Å². The molecule has 1 aliphatic heterocycles. The van der Waals surface area contributed by atoms with E-state index in [1.807, 2.05) is 6.33 Å². The Bertz CT molecular complexity index is 997. The predicted molar refractivity (Wildman–Crippen MR) is 130 cm³/mol. The summed E-state index contributed by atoms with van der Waals surface area (Å²) in [6.45, 7) is 5.40. The molecule has 0 radical (unpaired) electrons. The molecule has 3 aromatic rings. The molecule has 28 heavy (non-hydrogen) atoms. The van der Waals surface area contributed by atoms with E-state index in [4.69, 9.17) is 0 Å². The van der Waals surface area contributed by atoms with Crippen LogP contribution in [0.4, 0.5) is 0 Å². The van der Waals surface area contributed by atoms with Crippen molar-refractivity contribution in [1.82, 2.24) is 14.5 Å². The number of likely N-dealkylation sites (tertiary alicyclic amines) is 1. The van der Waals surface area contributed by atoms with E-state index >= 15 is 0 Å². The molecule has 1 saturated heterocycles. The largest absolute Gasteiger partial charge is 0.330 e. The molecule has 0 saturated carbocycles. The number of nitrogens with zero attached hydrogens (tertiary/aromatic N) is 3. The van der Waals surface area contributed by atoms with Gasteiger partial charge in [-0.05, 0) is 102 Å². The molecule has 1 unspecified atom stereocenters. The monoisotopic (exact) mass is 631 g/mol. The van der Waals surface area contributed by atoms with Crippen LogP contribution in [-0.2, 0) is 6.54 Å². The van der Waals surface area contributed by atoms with E-state index in [-0.39, 0.29) is 0 Å². The van der Waals surface area contributed by atoms with Crippen LogP contribution in [0, 0.1) is 6.92 Å². The van der Waals surface area contributed by atoms with Crippen LogP contribution in [0.1, 0.15) is 36.4 Å². The number of hydrogen-bond donors (Lipinski definition) is 0. The summed E-state index contributed by atoms with van der Waals surface area (Å²) in [6.07, 6.45) is 5.59. The molecule has 1 atom stereocenters. The van der Waals surface area contributed by atoms with Gasteiger partial charge >= 0.3 is 0 Å².